The van der Waals surface area contributed by atoms with Gasteiger partial charge in [0.1, 0.15) is 5.00 Å². The van der Waals surface area contributed by atoms with E-state index >= 15 is 0 Å². The van der Waals surface area contributed by atoms with E-state index in [1.807, 2.05) is 11.4 Å². The Labute approximate surface area is 149 Å². The fraction of sp³-hybridized carbons (Fsp3) is 0.412. The summed E-state index contributed by atoms with van der Waals surface area (Å²) in [5, 5.41) is 7.13. The molecule has 5 nitrogen and oxygen atoms in total. The van der Waals surface area contributed by atoms with E-state index in [9.17, 15) is 9.59 Å². The number of nitrogens with one attached hydrogen (secondary N) is 2. The molecule has 0 fully saturated rings. The van der Waals surface area contributed by atoms with E-state index in [1.165, 1.54) is 22.6 Å². The fourth-order valence-electron chi connectivity index (χ4n) is 2.90. The normalized spacial score (nSPS) is 14.1. The van der Waals surface area contributed by atoms with Crippen LogP contribution in [0.5, 0.6) is 0 Å². The minimum absolute atomic E-state index is 0.152. The molecule has 2 aromatic rings. The van der Waals surface area contributed by atoms with Gasteiger partial charge in [-0.1, -0.05) is 12.5 Å². The lowest BCUT2D eigenvalue weighted by molar-refractivity contribution is 0.0857. The summed E-state index contributed by atoms with van der Waals surface area (Å²) >= 11 is 2.95. The van der Waals surface area contributed by atoms with Crippen molar-refractivity contribution in [3.63, 3.8) is 0 Å². The van der Waals surface area contributed by atoms with Crippen molar-refractivity contribution in [2.24, 2.45) is 0 Å². The lowest BCUT2D eigenvalue weighted by Gasteiger charge is -2.14. The highest BCUT2D eigenvalue weighted by atomic mass is 32.1. The first kappa shape index (κ1) is 17.1. The van der Waals surface area contributed by atoms with Gasteiger partial charge in [0.25, 0.3) is 11.8 Å². The molecule has 7 heteroatoms. The monoisotopic (exact) mass is 363 g/mol. The Kier molecular flexibility index (Phi) is 5.33. The summed E-state index contributed by atoms with van der Waals surface area (Å²) < 4.78 is 0. The molecule has 3 rings (SSSR count). The second-order valence-corrected chi connectivity index (χ2v) is 8.09. The van der Waals surface area contributed by atoms with E-state index in [2.05, 4.69) is 10.7 Å². The summed E-state index contributed by atoms with van der Waals surface area (Å²) in [6.45, 7) is 0. The maximum absolute atomic E-state index is 12.7. The van der Waals surface area contributed by atoms with Crippen molar-refractivity contribution < 1.29 is 9.59 Å². The van der Waals surface area contributed by atoms with Gasteiger partial charge in [-0.3, -0.25) is 15.0 Å². The molecule has 1 aliphatic carbocycles. The minimum Gasteiger partial charge on any atom is -0.312 e. The van der Waals surface area contributed by atoms with Crippen LogP contribution in [-0.4, -0.2) is 30.9 Å². The standard InChI is InChI=1S/C17H21N3O2S2/c1-20(2)19-16(22)14-11-7-4-3-5-8-12(11)24-17(14)18-15(21)13-9-6-10-23-13/h6,9-10H,3-5,7-8H2,1-2H3,(H,18,21)(H,19,22). The molecule has 0 radical (unpaired) electrons. The molecular formula is C17H21N3O2S2. The number of rotatable bonds is 4. The summed E-state index contributed by atoms with van der Waals surface area (Å²) in [7, 11) is 3.57. The van der Waals surface area contributed by atoms with Crippen LogP contribution in [0.3, 0.4) is 0 Å². The van der Waals surface area contributed by atoms with E-state index < -0.39 is 0 Å². The summed E-state index contributed by atoms with van der Waals surface area (Å²) in [4.78, 5) is 27.0. The van der Waals surface area contributed by atoms with Crippen LogP contribution in [0.4, 0.5) is 5.00 Å². The van der Waals surface area contributed by atoms with Gasteiger partial charge in [0.15, 0.2) is 0 Å². The van der Waals surface area contributed by atoms with Crippen molar-refractivity contribution in [2.75, 3.05) is 19.4 Å². The van der Waals surface area contributed by atoms with Crippen LogP contribution >= 0.6 is 22.7 Å². The van der Waals surface area contributed by atoms with Gasteiger partial charge in [0.05, 0.1) is 10.4 Å². The third kappa shape index (κ3) is 3.68. The minimum atomic E-state index is -0.152. The van der Waals surface area contributed by atoms with Crippen LogP contribution in [0.25, 0.3) is 0 Å². The van der Waals surface area contributed by atoms with Crippen LogP contribution in [0.1, 0.15) is 49.7 Å². The number of hydrazine groups is 1. The van der Waals surface area contributed by atoms with Crippen molar-refractivity contribution >= 4 is 39.5 Å². The Morgan fingerprint density at radius 1 is 1.12 bits per heavy atom. The Morgan fingerprint density at radius 3 is 2.62 bits per heavy atom. The van der Waals surface area contributed by atoms with Crippen molar-refractivity contribution in [3.8, 4) is 0 Å². The Bertz CT molecular complexity index is 735. The Balaban J connectivity index is 1.95. The van der Waals surface area contributed by atoms with Crippen LogP contribution in [0.15, 0.2) is 17.5 Å². The van der Waals surface area contributed by atoms with Gasteiger partial charge < -0.3 is 5.32 Å². The zero-order valence-electron chi connectivity index (χ0n) is 13.8. The number of aryl methyl sites for hydroxylation is 1. The van der Waals surface area contributed by atoms with Gasteiger partial charge in [-0.2, -0.15) is 0 Å². The number of thiophene rings is 2. The molecule has 1 aliphatic rings. The number of hydrogen-bond acceptors (Lipinski definition) is 5. The largest absolute Gasteiger partial charge is 0.312 e. The first-order valence-corrected chi connectivity index (χ1v) is 9.73. The fourth-order valence-corrected chi connectivity index (χ4v) is 4.80. The SMILES string of the molecule is CN(C)NC(=O)c1c(NC(=O)c2cccs2)sc2c1CCCCC2. The lowest BCUT2D eigenvalue weighted by Crippen LogP contribution is -2.36. The van der Waals surface area contributed by atoms with Gasteiger partial charge in [-0.25, -0.2) is 5.01 Å². The van der Waals surface area contributed by atoms with E-state index in [0.29, 0.717) is 15.4 Å². The Hall–Kier alpha value is -1.70. The zero-order chi connectivity index (χ0) is 17.1. The summed E-state index contributed by atoms with van der Waals surface area (Å²) in [5.74, 6) is -0.304. The second-order valence-electron chi connectivity index (χ2n) is 6.04. The highest BCUT2D eigenvalue weighted by molar-refractivity contribution is 7.17. The van der Waals surface area contributed by atoms with Gasteiger partial charge in [-0.15, -0.1) is 22.7 Å². The highest BCUT2D eigenvalue weighted by Crippen LogP contribution is 2.37. The molecule has 0 aromatic carbocycles. The summed E-state index contributed by atoms with van der Waals surface area (Å²) in [5.41, 5.74) is 4.56. The predicted molar refractivity (Wildman–Crippen MR) is 99.0 cm³/mol. The molecule has 128 valence electrons. The van der Waals surface area contributed by atoms with E-state index in [1.54, 1.807) is 36.5 Å². The third-order valence-corrected chi connectivity index (χ3v) is 6.02. The molecule has 0 saturated heterocycles. The van der Waals surface area contributed by atoms with Crippen molar-refractivity contribution in [3.05, 3.63) is 38.4 Å². The molecule has 0 unspecified atom stereocenters. The number of hydrogen-bond donors (Lipinski definition) is 2. The predicted octanol–water partition coefficient (Wildman–Crippen LogP) is 3.54. The molecule has 24 heavy (non-hydrogen) atoms. The van der Waals surface area contributed by atoms with Gasteiger partial charge >= 0.3 is 0 Å². The van der Waals surface area contributed by atoms with Crippen molar-refractivity contribution in [1.82, 2.24) is 10.4 Å². The summed E-state index contributed by atoms with van der Waals surface area (Å²) in [6.07, 6.45) is 5.30. The molecule has 0 atom stereocenters. The average Bonchev–Trinajstić information content (AvgIpc) is 3.10. The molecule has 0 aliphatic heterocycles. The molecule has 0 bridgehead atoms. The van der Waals surface area contributed by atoms with Gasteiger partial charge in [-0.05, 0) is 42.7 Å². The van der Waals surface area contributed by atoms with Crippen molar-refractivity contribution in [2.45, 2.75) is 32.1 Å². The molecule has 0 saturated carbocycles. The molecule has 2 N–H and O–H groups in total. The van der Waals surface area contributed by atoms with Crippen LogP contribution in [0.2, 0.25) is 0 Å². The molecule has 2 aromatic heterocycles. The number of fused-ring (bicyclic) bond motifs is 1. The first-order chi connectivity index (χ1) is 11.6. The number of nitrogens with zero attached hydrogens (tertiary/aromatic N) is 1. The molecule has 2 amide bonds. The maximum Gasteiger partial charge on any atom is 0.268 e. The van der Waals surface area contributed by atoms with E-state index in [4.69, 9.17) is 0 Å². The van der Waals surface area contributed by atoms with Gasteiger partial charge in [0.2, 0.25) is 0 Å². The Morgan fingerprint density at radius 2 is 1.92 bits per heavy atom. The van der Waals surface area contributed by atoms with E-state index in [-0.39, 0.29) is 11.8 Å². The molecule has 0 spiro atoms. The van der Waals surface area contributed by atoms with Crippen LogP contribution in [0, 0.1) is 0 Å². The molecular weight excluding hydrogens is 342 g/mol. The quantitative estimate of drug-likeness (QED) is 0.645. The lowest BCUT2D eigenvalue weighted by atomic mass is 10.1. The highest BCUT2D eigenvalue weighted by Gasteiger charge is 2.26. The number of amides is 2. The smallest absolute Gasteiger partial charge is 0.268 e. The number of carbonyl (C=O) groups excluding carboxylic acids is 2. The number of carbonyl (C=O) groups is 2. The van der Waals surface area contributed by atoms with Gasteiger partial charge in [0, 0.05) is 19.0 Å². The number of anilines is 1. The van der Waals surface area contributed by atoms with Crippen LogP contribution < -0.4 is 10.7 Å². The maximum atomic E-state index is 12.7. The van der Waals surface area contributed by atoms with Crippen molar-refractivity contribution in [1.29, 1.82) is 0 Å². The molecule has 2 heterocycles. The summed E-state index contributed by atoms with van der Waals surface area (Å²) in [6, 6.07) is 3.64. The topological polar surface area (TPSA) is 61.4 Å². The van der Waals surface area contributed by atoms with Crippen LogP contribution in [-0.2, 0) is 12.8 Å². The zero-order valence-corrected chi connectivity index (χ0v) is 15.5. The van der Waals surface area contributed by atoms with E-state index in [0.717, 1.165) is 31.2 Å². The average molecular weight is 364 g/mol. The third-order valence-electron chi connectivity index (χ3n) is 3.95. The second kappa shape index (κ2) is 7.46. The first-order valence-electron chi connectivity index (χ1n) is 8.04.